The van der Waals surface area contributed by atoms with E-state index in [-0.39, 0.29) is 11.9 Å². The third kappa shape index (κ3) is 3.31. The molecule has 2 N–H and O–H groups in total. The van der Waals surface area contributed by atoms with Gasteiger partial charge in [0.1, 0.15) is 5.82 Å². The highest BCUT2D eigenvalue weighted by molar-refractivity contribution is 6.31. The summed E-state index contributed by atoms with van der Waals surface area (Å²) >= 11 is 6.19. The van der Waals surface area contributed by atoms with E-state index in [1.165, 1.54) is 12.5 Å². The molecule has 2 rings (SSSR count). The Labute approximate surface area is 125 Å². The second-order valence-electron chi connectivity index (χ2n) is 5.64. The Morgan fingerprint density at radius 3 is 2.85 bits per heavy atom. The smallest absolute Gasteiger partial charge is 0.129 e. The maximum atomic E-state index is 14.1. The summed E-state index contributed by atoms with van der Waals surface area (Å²) in [5.74, 6) is -0.264. The van der Waals surface area contributed by atoms with Crippen molar-refractivity contribution in [2.75, 3.05) is 33.7 Å². The lowest BCUT2D eigenvalue weighted by atomic mass is 9.98. The van der Waals surface area contributed by atoms with Crippen LogP contribution < -0.4 is 5.73 Å². The summed E-state index contributed by atoms with van der Waals surface area (Å²) in [6, 6.07) is 5.16. The van der Waals surface area contributed by atoms with Gasteiger partial charge in [0.15, 0.2) is 0 Å². The Balaban J connectivity index is 2.23. The highest BCUT2D eigenvalue weighted by Gasteiger charge is 2.29. The van der Waals surface area contributed by atoms with Gasteiger partial charge in [0.2, 0.25) is 0 Å². The molecular weight excluding hydrogens is 277 g/mol. The molecule has 1 heterocycles. The molecule has 0 aromatic heterocycles. The predicted molar refractivity (Wildman–Crippen MR) is 81.5 cm³/mol. The van der Waals surface area contributed by atoms with Crippen LogP contribution in [0.3, 0.4) is 0 Å². The number of halogens is 2. The topological polar surface area (TPSA) is 32.5 Å². The van der Waals surface area contributed by atoms with E-state index in [0.29, 0.717) is 23.2 Å². The molecule has 1 aromatic rings. The minimum atomic E-state index is -0.264. The molecule has 0 amide bonds. The van der Waals surface area contributed by atoms with E-state index in [2.05, 4.69) is 23.9 Å². The van der Waals surface area contributed by atoms with Crippen molar-refractivity contribution in [1.82, 2.24) is 9.80 Å². The van der Waals surface area contributed by atoms with Gasteiger partial charge in [0.25, 0.3) is 0 Å². The molecule has 1 aliphatic rings. The summed E-state index contributed by atoms with van der Waals surface area (Å²) < 4.78 is 14.1. The number of nitrogens with two attached hydrogens (primary N) is 1. The number of hydrogen-bond acceptors (Lipinski definition) is 3. The van der Waals surface area contributed by atoms with Gasteiger partial charge in [-0.25, -0.2) is 4.39 Å². The van der Waals surface area contributed by atoms with Crippen molar-refractivity contribution in [1.29, 1.82) is 0 Å². The summed E-state index contributed by atoms with van der Waals surface area (Å²) in [6.07, 6.45) is 2.28. The van der Waals surface area contributed by atoms with Gasteiger partial charge in [-0.3, -0.25) is 4.90 Å². The predicted octanol–water partition coefficient (Wildman–Crippen LogP) is 2.50. The van der Waals surface area contributed by atoms with Crippen molar-refractivity contribution < 1.29 is 4.39 Å². The normalized spacial score (nSPS) is 22.2. The van der Waals surface area contributed by atoms with Gasteiger partial charge in [0, 0.05) is 29.7 Å². The fourth-order valence-corrected chi connectivity index (χ4v) is 3.26. The van der Waals surface area contributed by atoms with E-state index in [1.54, 1.807) is 12.1 Å². The first-order valence-corrected chi connectivity index (χ1v) is 7.46. The number of likely N-dealkylation sites (N-methyl/N-ethyl adjacent to an activating group) is 1. The maximum Gasteiger partial charge on any atom is 0.129 e. The lowest BCUT2D eigenvalue weighted by Crippen LogP contribution is -2.48. The van der Waals surface area contributed by atoms with Crippen LogP contribution in [0.4, 0.5) is 4.39 Å². The zero-order valence-corrected chi connectivity index (χ0v) is 12.9. The number of nitrogens with zero attached hydrogens (tertiary/aromatic N) is 2. The average Bonchev–Trinajstić information content (AvgIpc) is 2.43. The molecule has 0 aliphatic carbocycles. The SMILES string of the molecule is CN(C)C1CCCN(C(CN)c2c(F)cccc2Cl)C1. The zero-order chi connectivity index (χ0) is 14.7. The van der Waals surface area contributed by atoms with Crippen LogP contribution in [-0.4, -0.2) is 49.6 Å². The monoisotopic (exact) mass is 299 g/mol. The fraction of sp³-hybridized carbons (Fsp3) is 0.600. The largest absolute Gasteiger partial charge is 0.329 e. The van der Waals surface area contributed by atoms with Gasteiger partial charge in [-0.05, 0) is 45.6 Å². The first-order chi connectivity index (χ1) is 9.54. The molecule has 5 heteroatoms. The van der Waals surface area contributed by atoms with Gasteiger partial charge in [-0.2, -0.15) is 0 Å². The first-order valence-electron chi connectivity index (χ1n) is 7.09. The van der Waals surface area contributed by atoms with Crippen LogP contribution in [0.25, 0.3) is 0 Å². The maximum absolute atomic E-state index is 14.1. The van der Waals surface area contributed by atoms with Crippen LogP contribution in [0.5, 0.6) is 0 Å². The second-order valence-corrected chi connectivity index (χ2v) is 6.05. The number of piperidine rings is 1. The molecule has 2 unspecified atom stereocenters. The number of hydrogen-bond donors (Lipinski definition) is 1. The van der Waals surface area contributed by atoms with Gasteiger partial charge in [0.05, 0.1) is 6.04 Å². The standard InChI is InChI=1S/C15H23ClFN3/c1-19(2)11-5-4-8-20(10-11)14(9-18)15-12(16)6-3-7-13(15)17/h3,6-7,11,14H,4-5,8-10,18H2,1-2H3. The zero-order valence-electron chi connectivity index (χ0n) is 12.1. The first kappa shape index (κ1) is 15.7. The average molecular weight is 300 g/mol. The van der Waals surface area contributed by atoms with Crippen LogP contribution in [0.15, 0.2) is 18.2 Å². The molecular formula is C15H23ClFN3. The number of benzene rings is 1. The van der Waals surface area contributed by atoms with E-state index in [0.717, 1.165) is 19.5 Å². The quantitative estimate of drug-likeness (QED) is 0.927. The molecule has 1 aliphatic heterocycles. The van der Waals surface area contributed by atoms with E-state index >= 15 is 0 Å². The van der Waals surface area contributed by atoms with Gasteiger partial charge >= 0.3 is 0 Å². The van der Waals surface area contributed by atoms with E-state index in [9.17, 15) is 4.39 Å². The van der Waals surface area contributed by atoms with Crippen LogP contribution in [0.2, 0.25) is 5.02 Å². The molecule has 1 aromatic carbocycles. The van der Waals surface area contributed by atoms with Crippen molar-refractivity contribution in [3.63, 3.8) is 0 Å². The van der Waals surface area contributed by atoms with Crippen molar-refractivity contribution >= 4 is 11.6 Å². The molecule has 1 fully saturated rings. The Kier molecular flexibility index (Phi) is 5.38. The fourth-order valence-electron chi connectivity index (χ4n) is 2.97. The summed E-state index contributed by atoms with van der Waals surface area (Å²) in [6.45, 7) is 2.22. The minimum Gasteiger partial charge on any atom is -0.329 e. The van der Waals surface area contributed by atoms with Gasteiger partial charge in [-0.15, -0.1) is 0 Å². The Morgan fingerprint density at radius 2 is 2.25 bits per heavy atom. The van der Waals surface area contributed by atoms with Crippen molar-refractivity contribution in [2.24, 2.45) is 5.73 Å². The van der Waals surface area contributed by atoms with Gasteiger partial charge < -0.3 is 10.6 Å². The summed E-state index contributed by atoms with van der Waals surface area (Å²) in [5.41, 5.74) is 6.45. The van der Waals surface area contributed by atoms with Crippen LogP contribution in [0.1, 0.15) is 24.4 Å². The minimum absolute atomic E-state index is 0.147. The van der Waals surface area contributed by atoms with E-state index in [1.807, 2.05) is 0 Å². The molecule has 0 spiro atoms. The van der Waals surface area contributed by atoms with E-state index < -0.39 is 0 Å². The lowest BCUT2D eigenvalue weighted by molar-refractivity contribution is 0.0970. The Hall–Kier alpha value is -0.680. The summed E-state index contributed by atoms with van der Waals surface area (Å²) in [4.78, 5) is 4.49. The highest BCUT2D eigenvalue weighted by atomic mass is 35.5. The number of likely N-dealkylation sites (tertiary alicyclic amines) is 1. The lowest BCUT2D eigenvalue weighted by Gasteiger charge is -2.40. The number of rotatable bonds is 4. The van der Waals surface area contributed by atoms with Crippen molar-refractivity contribution in [3.05, 3.63) is 34.6 Å². The van der Waals surface area contributed by atoms with Crippen molar-refractivity contribution in [2.45, 2.75) is 24.9 Å². The molecule has 3 nitrogen and oxygen atoms in total. The van der Waals surface area contributed by atoms with Crippen molar-refractivity contribution in [3.8, 4) is 0 Å². The highest BCUT2D eigenvalue weighted by Crippen LogP contribution is 2.31. The molecule has 20 heavy (non-hydrogen) atoms. The molecule has 2 atom stereocenters. The third-order valence-corrected chi connectivity index (χ3v) is 4.48. The van der Waals surface area contributed by atoms with Crippen LogP contribution in [-0.2, 0) is 0 Å². The molecule has 0 bridgehead atoms. The summed E-state index contributed by atoms with van der Waals surface area (Å²) in [5, 5.41) is 0.465. The van der Waals surface area contributed by atoms with Gasteiger partial charge in [-0.1, -0.05) is 17.7 Å². The third-order valence-electron chi connectivity index (χ3n) is 4.16. The molecule has 112 valence electrons. The molecule has 1 saturated heterocycles. The Bertz CT molecular complexity index is 432. The summed E-state index contributed by atoms with van der Waals surface area (Å²) in [7, 11) is 4.17. The van der Waals surface area contributed by atoms with Crippen LogP contribution in [0, 0.1) is 5.82 Å². The molecule has 0 radical (unpaired) electrons. The Morgan fingerprint density at radius 1 is 1.50 bits per heavy atom. The second kappa shape index (κ2) is 6.85. The van der Waals surface area contributed by atoms with E-state index in [4.69, 9.17) is 17.3 Å². The van der Waals surface area contributed by atoms with Crippen LogP contribution >= 0.6 is 11.6 Å². The molecule has 0 saturated carbocycles.